The number of rotatable bonds is 10. The van der Waals surface area contributed by atoms with E-state index in [1.165, 1.54) is 0 Å². The Kier molecular flexibility index (Phi) is 9.55. The molecule has 2 N–H and O–H groups in total. The Hall–Kier alpha value is -2.01. The number of ether oxygens (including phenoxy) is 1. The van der Waals surface area contributed by atoms with Crippen LogP contribution in [0.3, 0.4) is 0 Å². The highest BCUT2D eigenvalue weighted by Crippen LogP contribution is 2.17. The van der Waals surface area contributed by atoms with Gasteiger partial charge in [-0.1, -0.05) is 38.1 Å². The van der Waals surface area contributed by atoms with E-state index in [-0.39, 0.29) is 0 Å². The van der Waals surface area contributed by atoms with Gasteiger partial charge in [-0.3, -0.25) is 4.99 Å². The molecule has 0 heterocycles. The SMILES string of the molecule is C=CCNC(=NC)NCc1ccccc1OCCN(CC)CC. The van der Waals surface area contributed by atoms with Crippen LogP contribution in [0.4, 0.5) is 0 Å². The molecule has 0 aliphatic carbocycles. The molecule has 5 heteroatoms. The summed E-state index contributed by atoms with van der Waals surface area (Å²) in [6, 6.07) is 8.11. The molecule has 1 aromatic rings. The van der Waals surface area contributed by atoms with Crippen LogP contribution in [0, 0.1) is 0 Å². The Labute approximate surface area is 140 Å². The van der Waals surface area contributed by atoms with E-state index in [1.807, 2.05) is 18.2 Å². The fourth-order valence-electron chi connectivity index (χ4n) is 2.18. The fraction of sp³-hybridized carbons (Fsp3) is 0.500. The minimum atomic E-state index is 0.665. The normalized spacial score (nSPS) is 11.4. The van der Waals surface area contributed by atoms with Crippen LogP contribution >= 0.6 is 0 Å². The first-order valence-electron chi connectivity index (χ1n) is 8.23. The maximum absolute atomic E-state index is 5.96. The Balaban J connectivity index is 2.54. The molecule has 0 radical (unpaired) electrons. The number of guanidine groups is 1. The van der Waals surface area contributed by atoms with Gasteiger partial charge in [0.05, 0.1) is 0 Å². The van der Waals surface area contributed by atoms with Crippen LogP contribution in [0.5, 0.6) is 5.75 Å². The second-order valence-electron chi connectivity index (χ2n) is 5.08. The molecular formula is C18H30N4O. The lowest BCUT2D eigenvalue weighted by atomic mass is 10.2. The van der Waals surface area contributed by atoms with E-state index in [4.69, 9.17) is 4.74 Å². The fourth-order valence-corrected chi connectivity index (χ4v) is 2.18. The highest BCUT2D eigenvalue weighted by Gasteiger charge is 2.05. The van der Waals surface area contributed by atoms with E-state index in [0.717, 1.165) is 36.9 Å². The molecule has 0 atom stereocenters. The predicted octanol–water partition coefficient (Wildman–Crippen LogP) is 2.26. The van der Waals surface area contributed by atoms with Crippen molar-refractivity contribution in [1.82, 2.24) is 15.5 Å². The quantitative estimate of drug-likeness (QED) is 0.395. The molecule has 0 amide bonds. The number of para-hydroxylation sites is 1. The van der Waals surface area contributed by atoms with Crippen LogP contribution in [0.15, 0.2) is 41.9 Å². The van der Waals surface area contributed by atoms with E-state index in [1.54, 1.807) is 13.1 Å². The van der Waals surface area contributed by atoms with E-state index >= 15 is 0 Å². The number of nitrogens with one attached hydrogen (secondary N) is 2. The van der Waals surface area contributed by atoms with Crippen molar-refractivity contribution in [1.29, 1.82) is 0 Å². The van der Waals surface area contributed by atoms with Crippen LogP contribution in [-0.4, -0.2) is 50.7 Å². The highest BCUT2D eigenvalue weighted by molar-refractivity contribution is 5.79. The Morgan fingerprint density at radius 1 is 1.26 bits per heavy atom. The first-order chi connectivity index (χ1) is 11.2. The molecule has 0 bridgehead atoms. The van der Waals surface area contributed by atoms with Crippen LogP contribution in [0.2, 0.25) is 0 Å². The molecule has 0 saturated carbocycles. The lowest BCUT2D eigenvalue weighted by Crippen LogP contribution is -2.36. The van der Waals surface area contributed by atoms with Crippen LogP contribution in [0.25, 0.3) is 0 Å². The van der Waals surface area contributed by atoms with Gasteiger partial charge in [0.25, 0.3) is 0 Å². The van der Waals surface area contributed by atoms with Gasteiger partial charge >= 0.3 is 0 Å². The van der Waals surface area contributed by atoms with Gasteiger partial charge in [0.15, 0.2) is 5.96 Å². The van der Waals surface area contributed by atoms with Crippen LogP contribution < -0.4 is 15.4 Å². The number of hydrogen-bond acceptors (Lipinski definition) is 3. The third-order valence-corrected chi connectivity index (χ3v) is 3.62. The number of hydrogen-bond donors (Lipinski definition) is 2. The van der Waals surface area contributed by atoms with Crippen LogP contribution in [-0.2, 0) is 6.54 Å². The van der Waals surface area contributed by atoms with Crippen molar-refractivity contribution in [2.45, 2.75) is 20.4 Å². The van der Waals surface area contributed by atoms with Gasteiger partial charge in [-0.25, -0.2) is 0 Å². The number of nitrogens with zero attached hydrogens (tertiary/aromatic N) is 2. The third-order valence-electron chi connectivity index (χ3n) is 3.62. The van der Waals surface area contributed by atoms with E-state index in [2.05, 4.69) is 47.0 Å². The molecule has 5 nitrogen and oxygen atoms in total. The van der Waals surface area contributed by atoms with Gasteiger partial charge in [-0.05, 0) is 19.2 Å². The van der Waals surface area contributed by atoms with Crippen molar-refractivity contribution in [2.24, 2.45) is 4.99 Å². The summed E-state index contributed by atoms with van der Waals surface area (Å²) in [4.78, 5) is 6.53. The lowest BCUT2D eigenvalue weighted by molar-refractivity contribution is 0.221. The monoisotopic (exact) mass is 318 g/mol. The molecule has 0 unspecified atom stereocenters. The Bertz CT molecular complexity index is 484. The second-order valence-corrected chi connectivity index (χ2v) is 5.08. The van der Waals surface area contributed by atoms with E-state index in [9.17, 15) is 0 Å². The topological polar surface area (TPSA) is 48.9 Å². The van der Waals surface area contributed by atoms with Crippen LogP contribution in [0.1, 0.15) is 19.4 Å². The summed E-state index contributed by atoms with van der Waals surface area (Å²) in [6.07, 6.45) is 1.80. The van der Waals surface area contributed by atoms with Gasteiger partial charge in [0, 0.05) is 32.2 Å². The van der Waals surface area contributed by atoms with Gasteiger partial charge in [0.1, 0.15) is 12.4 Å². The molecule has 0 aromatic heterocycles. The first-order valence-corrected chi connectivity index (χ1v) is 8.23. The molecule has 128 valence electrons. The van der Waals surface area contributed by atoms with E-state index < -0.39 is 0 Å². The Morgan fingerprint density at radius 3 is 2.65 bits per heavy atom. The van der Waals surface area contributed by atoms with Gasteiger partial charge in [-0.15, -0.1) is 6.58 Å². The minimum absolute atomic E-state index is 0.665. The van der Waals surface area contributed by atoms with E-state index in [0.29, 0.717) is 19.7 Å². The van der Waals surface area contributed by atoms with Crippen molar-refractivity contribution in [3.8, 4) is 5.75 Å². The highest BCUT2D eigenvalue weighted by atomic mass is 16.5. The standard InChI is InChI=1S/C18H30N4O/c1-5-12-20-18(19-4)21-15-16-10-8-9-11-17(16)23-14-13-22(6-2)7-3/h5,8-11H,1,6-7,12-15H2,2-4H3,(H2,19,20,21). The third kappa shape index (κ3) is 7.19. The number of likely N-dealkylation sites (N-methyl/N-ethyl adjacent to an activating group) is 1. The summed E-state index contributed by atoms with van der Waals surface area (Å²) < 4.78 is 5.96. The zero-order valence-corrected chi connectivity index (χ0v) is 14.6. The summed E-state index contributed by atoms with van der Waals surface area (Å²) in [5.41, 5.74) is 1.12. The molecule has 23 heavy (non-hydrogen) atoms. The molecule has 0 aliphatic rings. The number of benzene rings is 1. The van der Waals surface area contributed by atoms with Gasteiger partial charge in [0.2, 0.25) is 0 Å². The summed E-state index contributed by atoms with van der Waals surface area (Å²) >= 11 is 0. The molecule has 1 rings (SSSR count). The van der Waals surface area contributed by atoms with Crippen molar-refractivity contribution in [2.75, 3.05) is 39.8 Å². The first kappa shape index (κ1) is 19.0. The van der Waals surface area contributed by atoms with Crippen molar-refractivity contribution in [3.05, 3.63) is 42.5 Å². The minimum Gasteiger partial charge on any atom is -0.492 e. The lowest BCUT2D eigenvalue weighted by Gasteiger charge is -2.19. The zero-order valence-electron chi connectivity index (χ0n) is 14.6. The molecule has 0 fully saturated rings. The number of aliphatic imine (C=N–C) groups is 1. The summed E-state index contributed by atoms with van der Waals surface area (Å²) in [7, 11) is 1.75. The molecule has 1 aromatic carbocycles. The van der Waals surface area contributed by atoms with Crippen molar-refractivity contribution >= 4 is 5.96 Å². The average molecular weight is 318 g/mol. The molecular weight excluding hydrogens is 288 g/mol. The zero-order chi connectivity index (χ0) is 16.9. The molecule has 0 spiro atoms. The summed E-state index contributed by atoms with van der Waals surface area (Å²) in [6.45, 7) is 13.1. The van der Waals surface area contributed by atoms with Gasteiger partial charge in [-0.2, -0.15) is 0 Å². The smallest absolute Gasteiger partial charge is 0.191 e. The molecule has 0 aliphatic heterocycles. The molecule has 0 saturated heterocycles. The largest absolute Gasteiger partial charge is 0.492 e. The second kappa shape index (κ2) is 11.5. The Morgan fingerprint density at radius 2 is 2.00 bits per heavy atom. The predicted molar refractivity (Wildman–Crippen MR) is 98.1 cm³/mol. The average Bonchev–Trinajstić information content (AvgIpc) is 2.60. The maximum atomic E-state index is 5.96. The maximum Gasteiger partial charge on any atom is 0.191 e. The van der Waals surface area contributed by atoms with Crippen molar-refractivity contribution in [3.63, 3.8) is 0 Å². The van der Waals surface area contributed by atoms with Crippen molar-refractivity contribution < 1.29 is 4.74 Å². The van der Waals surface area contributed by atoms with Gasteiger partial charge < -0.3 is 20.3 Å². The summed E-state index contributed by atoms with van der Waals surface area (Å²) in [5.74, 6) is 1.68. The summed E-state index contributed by atoms with van der Waals surface area (Å²) in [5, 5.41) is 6.44.